The molecule has 0 aliphatic carbocycles. The van der Waals surface area contributed by atoms with Crippen LogP contribution in [0, 0.1) is 0 Å². The topological polar surface area (TPSA) is 53.7 Å². The lowest BCUT2D eigenvalue weighted by Gasteiger charge is -2.23. The Bertz CT molecular complexity index is 706. The number of hydrogen-bond acceptors (Lipinski definition) is 4. The van der Waals surface area contributed by atoms with Gasteiger partial charge in [0.15, 0.2) is 5.65 Å². The fraction of sp³-hybridized carbons (Fsp3) is 0.611. The van der Waals surface area contributed by atoms with E-state index in [4.69, 9.17) is 0 Å². The van der Waals surface area contributed by atoms with Crippen LogP contribution < -0.4 is 0 Å². The number of carbonyl (C=O) groups excluding carboxylic acids is 1. The molecule has 0 aromatic carbocycles. The minimum absolute atomic E-state index is 0.0679. The maximum Gasteiger partial charge on any atom is 0.259 e. The maximum atomic E-state index is 12.9. The average molecular weight is 329 g/mol. The Morgan fingerprint density at radius 3 is 2.79 bits per heavy atom. The van der Waals surface area contributed by atoms with Crippen LogP contribution in [0.1, 0.15) is 56.0 Å². The van der Waals surface area contributed by atoms with Crippen molar-refractivity contribution in [2.75, 3.05) is 19.6 Å². The Hall–Kier alpha value is -1.95. The highest BCUT2D eigenvalue weighted by molar-refractivity contribution is 5.99. The van der Waals surface area contributed by atoms with Gasteiger partial charge in [-0.25, -0.2) is 9.50 Å². The molecule has 1 amide bonds. The molecule has 6 nitrogen and oxygen atoms in total. The summed E-state index contributed by atoms with van der Waals surface area (Å²) in [5, 5.41) is 4.37. The Morgan fingerprint density at radius 2 is 2.08 bits per heavy atom. The summed E-state index contributed by atoms with van der Waals surface area (Å²) in [5.41, 5.74) is 2.38. The van der Waals surface area contributed by atoms with E-state index in [0.717, 1.165) is 51.0 Å². The van der Waals surface area contributed by atoms with Crippen molar-refractivity contribution in [1.29, 1.82) is 0 Å². The lowest BCUT2D eigenvalue weighted by molar-refractivity contribution is 0.0735. The molecule has 0 spiro atoms. The molecule has 24 heavy (non-hydrogen) atoms. The van der Waals surface area contributed by atoms with E-state index in [2.05, 4.69) is 35.8 Å². The zero-order chi connectivity index (χ0) is 17.1. The first-order valence-electron chi connectivity index (χ1n) is 9.03. The van der Waals surface area contributed by atoms with Crippen LogP contribution in [0.2, 0.25) is 0 Å². The van der Waals surface area contributed by atoms with Crippen LogP contribution in [0.25, 0.3) is 5.65 Å². The number of hydrogen-bond donors (Lipinski definition) is 0. The van der Waals surface area contributed by atoms with Gasteiger partial charge in [-0.1, -0.05) is 20.8 Å². The first kappa shape index (κ1) is 16.9. The van der Waals surface area contributed by atoms with Gasteiger partial charge in [0.2, 0.25) is 0 Å². The molecule has 0 N–H and O–H groups in total. The Kier molecular flexibility index (Phi) is 5.14. The van der Waals surface area contributed by atoms with Crippen molar-refractivity contribution in [3.8, 4) is 0 Å². The molecule has 0 saturated carbocycles. The average Bonchev–Trinajstić information content (AvgIpc) is 3.25. The lowest BCUT2D eigenvalue weighted by atomic mass is 10.1. The summed E-state index contributed by atoms with van der Waals surface area (Å²) in [7, 11) is 0. The van der Waals surface area contributed by atoms with E-state index in [0.29, 0.717) is 17.3 Å². The van der Waals surface area contributed by atoms with Gasteiger partial charge in [-0.15, -0.1) is 0 Å². The quantitative estimate of drug-likeness (QED) is 0.817. The first-order valence-corrected chi connectivity index (χ1v) is 9.03. The minimum atomic E-state index is 0.0679. The van der Waals surface area contributed by atoms with E-state index in [1.807, 2.05) is 17.3 Å². The molecule has 0 unspecified atom stereocenters. The van der Waals surface area contributed by atoms with Crippen molar-refractivity contribution in [2.24, 2.45) is 0 Å². The van der Waals surface area contributed by atoms with Crippen molar-refractivity contribution in [3.05, 3.63) is 29.7 Å². The highest BCUT2D eigenvalue weighted by atomic mass is 16.2. The molecular weight excluding hydrogens is 302 g/mol. The number of carbonyl (C=O) groups is 1. The number of nitrogens with zero attached hydrogens (tertiary/aromatic N) is 5. The monoisotopic (exact) mass is 329 g/mol. The van der Waals surface area contributed by atoms with Crippen molar-refractivity contribution in [3.63, 3.8) is 0 Å². The Balaban J connectivity index is 1.84. The summed E-state index contributed by atoms with van der Waals surface area (Å²) in [5.74, 6) is 0.0679. The molecule has 1 fully saturated rings. The van der Waals surface area contributed by atoms with Crippen molar-refractivity contribution >= 4 is 11.6 Å². The first-order chi connectivity index (χ1) is 11.7. The summed E-state index contributed by atoms with van der Waals surface area (Å²) in [6.45, 7) is 10.2. The van der Waals surface area contributed by atoms with E-state index < -0.39 is 0 Å². The lowest BCUT2D eigenvalue weighted by Crippen LogP contribution is -2.35. The third-order valence-electron chi connectivity index (χ3n) is 5.05. The number of fused-ring (bicyclic) bond motifs is 1. The van der Waals surface area contributed by atoms with E-state index in [-0.39, 0.29) is 5.91 Å². The second-order valence-corrected chi connectivity index (χ2v) is 6.45. The molecule has 1 aliphatic heterocycles. The predicted octanol–water partition coefficient (Wildman–Crippen LogP) is 2.59. The smallest absolute Gasteiger partial charge is 0.259 e. The van der Waals surface area contributed by atoms with E-state index >= 15 is 0 Å². The summed E-state index contributed by atoms with van der Waals surface area (Å²) < 4.78 is 1.74. The fourth-order valence-corrected chi connectivity index (χ4v) is 3.53. The summed E-state index contributed by atoms with van der Waals surface area (Å²) in [6, 6.07) is 0.356. The molecule has 0 bridgehead atoms. The van der Waals surface area contributed by atoms with Crippen LogP contribution in [0.5, 0.6) is 0 Å². The molecule has 130 valence electrons. The summed E-state index contributed by atoms with van der Waals surface area (Å²) in [6.07, 6.45) is 8.71. The molecular formula is C18H27N5O. The second-order valence-electron chi connectivity index (χ2n) is 6.45. The van der Waals surface area contributed by atoms with Crippen molar-refractivity contribution in [1.82, 2.24) is 24.4 Å². The molecule has 1 aliphatic rings. The second kappa shape index (κ2) is 7.30. The number of amides is 1. The van der Waals surface area contributed by atoms with Gasteiger partial charge in [0.05, 0.1) is 6.20 Å². The third kappa shape index (κ3) is 3.15. The van der Waals surface area contributed by atoms with Gasteiger partial charge in [-0.3, -0.25) is 9.69 Å². The van der Waals surface area contributed by atoms with Crippen molar-refractivity contribution < 1.29 is 4.79 Å². The predicted molar refractivity (Wildman–Crippen MR) is 94.0 cm³/mol. The van der Waals surface area contributed by atoms with Crippen LogP contribution >= 0.6 is 0 Å². The largest absolute Gasteiger partial charge is 0.336 e. The maximum absolute atomic E-state index is 12.9. The Morgan fingerprint density at radius 1 is 1.29 bits per heavy atom. The summed E-state index contributed by atoms with van der Waals surface area (Å²) in [4.78, 5) is 21.7. The van der Waals surface area contributed by atoms with Crippen LogP contribution in [0.3, 0.4) is 0 Å². The van der Waals surface area contributed by atoms with E-state index in [9.17, 15) is 4.79 Å². The van der Waals surface area contributed by atoms with Crippen LogP contribution in [0.15, 0.2) is 18.6 Å². The molecule has 3 rings (SSSR count). The molecule has 2 aromatic heterocycles. The van der Waals surface area contributed by atoms with E-state index in [1.165, 1.54) is 0 Å². The van der Waals surface area contributed by atoms with Crippen molar-refractivity contribution in [2.45, 2.75) is 52.6 Å². The van der Waals surface area contributed by atoms with Gasteiger partial charge in [0.1, 0.15) is 5.56 Å². The zero-order valence-electron chi connectivity index (χ0n) is 14.9. The number of rotatable bonds is 6. The van der Waals surface area contributed by atoms with Gasteiger partial charge >= 0.3 is 0 Å². The normalized spacial score (nSPS) is 18.0. The highest BCUT2D eigenvalue weighted by Crippen LogP contribution is 2.23. The third-order valence-corrected chi connectivity index (χ3v) is 5.05. The van der Waals surface area contributed by atoms with Gasteiger partial charge in [0.25, 0.3) is 5.91 Å². The minimum Gasteiger partial charge on any atom is -0.336 e. The molecule has 2 aromatic rings. The van der Waals surface area contributed by atoms with Gasteiger partial charge in [0, 0.05) is 37.1 Å². The van der Waals surface area contributed by atoms with Crippen LogP contribution in [-0.4, -0.2) is 56.0 Å². The SMILES string of the molecule is CC[C@@H]1CCCN1C(=O)c1cnn2cc(CN(CC)CC)cnc12. The standard InChI is InChI=1S/C18H27N5O/c1-4-15-8-7-9-22(15)18(24)16-11-20-23-13-14(10-19-17(16)23)12-21(5-2)6-3/h10-11,13,15H,4-9,12H2,1-3H3/t15-/m1/s1. The number of aromatic nitrogens is 3. The molecule has 3 heterocycles. The molecule has 1 saturated heterocycles. The van der Waals surface area contributed by atoms with Crippen LogP contribution in [-0.2, 0) is 6.54 Å². The fourth-order valence-electron chi connectivity index (χ4n) is 3.53. The van der Waals surface area contributed by atoms with Crippen LogP contribution in [0.4, 0.5) is 0 Å². The Labute approximate surface area is 143 Å². The highest BCUT2D eigenvalue weighted by Gasteiger charge is 2.30. The number of likely N-dealkylation sites (tertiary alicyclic amines) is 1. The zero-order valence-corrected chi connectivity index (χ0v) is 14.9. The van der Waals surface area contributed by atoms with Gasteiger partial charge < -0.3 is 4.90 Å². The van der Waals surface area contributed by atoms with Gasteiger partial charge in [-0.05, 0) is 32.4 Å². The molecule has 1 atom stereocenters. The molecule has 6 heteroatoms. The molecule has 0 radical (unpaired) electrons. The summed E-state index contributed by atoms with van der Waals surface area (Å²) >= 11 is 0. The van der Waals surface area contributed by atoms with E-state index in [1.54, 1.807) is 10.7 Å². The van der Waals surface area contributed by atoms with Gasteiger partial charge in [-0.2, -0.15) is 5.10 Å².